The molecule has 0 spiro atoms. The third-order valence-corrected chi connectivity index (χ3v) is 4.69. The Morgan fingerprint density at radius 1 is 1.40 bits per heavy atom. The van der Waals surface area contributed by atoms with Gasteiger partial charge in [-0.25, -0.2) is 4.98 Å². The summed E-state index contributed by atoms with van der Waals surface area (Å²) in [4.78, 5) is 9.83. The Morgan fingerprint density at radius 3 is 2.80 bits per heavy atom. The molecular weight excluding hydrogens is 471 g/mol. The molecule has 1 aromatic heterocycles. The minimum absolute atomic E-state index is 0. The Labute approximate surface area is 175 Å². The Hall–Kier alpha value is -0.900. The fraction of sp³-hybridized carbons (Fsp3) is 0.412. The van der Waals surface area contributed by atoms with Gasteiger partial charge in [0.25, 0.3) is 0 Å². The number of aliphatic imine (C=N–C) groups is 1. The van der Waals surface area contributed by atoms with Crippen LogP contribution in [-0.4, -0.2) is 38.2 Å². The van der Waals surface area contributed by atoms with Gasteiger partial charge in [0.2, 0.25) is 0 Å². The van der Waals surface area contributed by atoms with E-state index in [9.17, 15) is 0 Å². The quantitative estimate of drug-likeness (QED) is 0.349. The number of methoxy groups -OCH3 is 1. The van der Waals surface area contributed by atoms with E-state index >= 15 is 0 Å². The maximum absolute atomic E-state index is 6.05. The summed E-state index contributed by atoms with van der Waals surface area (Å²) in [7, 11) is 3.44. The van der Waals surface area contributed by atoms with Crippen LogP contribution in [0.2, 0.25) is 5.02 Å². The summed E-state index contributed by atoms with van der Waals surface area (Å²) >= 11 is 7.77. The summed E-state index contributed by atoms with van der Waals surface area (Å²) in [6.07, 6.45) is 2.69. The molecule has 138 valence electrons. The highest BCUT2D eigenvalue weighted by Gasteiger charge is 2.11. The van der Waals surface area contributed by atoms with Gasteiger partial charge in [0.1, 0.15) is 0 Å². The van der Waals surface area contributed by atoms with Gasteiger partial charge in [0.05, 0.1) is 11.1 Å². The monoisotopic (exact) mass is 494 g/mol. The number of aryl methyl sites for hydroxylation is 1. The lowest BCUT2D eigenvalue weighted by Crippen LogP contribution is -2.40. The van der Waals surface area contributed by atoms with Crippen molar-refractivity contribution in [2.24, 2.45) is 4.99 Å². The average Bonchev–Trinajstić information content (AvgIpc) is 2.99. The van der Waals surface area contributed by atoms with Crippen LogP contribution >= 0.6 is 46.9 Å². The van der Waals surface area contributed by atoms with Crippen LogP contribution in [0.1, 0.15) is 21.6 Å². The van der Waals surface area contributed by atoms with Gasteiger partial charge in [-0.3, -0.25) is 4.99 Å². The van der Waals surface area contributed by atoms with Gasteiger partial charge >= 0.3 is 0 Å². The first-order valence-electron chi connectivity index (χ1n) is 7.76. The Balaban J connectivity index is 0.00000312. The molecule has 2 rings (SSSR count). The molecule has 8 heteroatoms. The van der Waals surface area contributed by atoms with Crippen LogP contribution < -0.4 is 10.6 Å². The molecule has 0 saturated carbocycles. The van der Waals surface area contributed by atoms with E-state index in [1.165, 1.54) is 4.88 Å². The number of benzene rings is 1. The standard InChI is InChI=1S/C17H23ClN4OS.HI/c1-12-10-21-16(24-12)7-8-20-17(19-2)22-11-15(23-3)13-5-4-6-14(18)9-13;/h4-6,9-10,15H,7-8,11H2,1-3H3,(H2,19,20,22);1H. The second-order valence-corrected chi connectivity index (χ2v) is 7.03. The first-order chi connectivity index (χ1) is 11.6. The van der Waals surface area contributed by atoms with Gasteiger partial charge in [-0.2, -0.15) is 0 Å². The fourth-order valence-corrected chi connectivity index (χ4v) is 3.24. The summed E-state index contributed by atoms with van der Waals surface area (Å²) in [6, 6.07) is 7.69. The largest absolute Gasteiger partial charge is 0.375 e. The number of nitrogens with one attached hydrogen (secondary N) is 2. The van der Waals surface area contributed by atoms with Crippen LogP contribution in [0.15, 0.2) is 35.5 Å². The van der Waals surface area contributed by atoms with Crippen molar-refractivity contribution in [2.75, 3.05) is 27.2 Å². The summed E-state index contributed by atoms with van der Waals surface area (Å²) in [5, 5.41) is 8.41. The maximum atomic E-state index is 6.05. The van der Waals surface area contributed by atoms with E-state index in [4.69, 9.17) is 16.3 Å². The average molecular weight is 495 g/mol. The summed E-state index contributed by atoms with van der Waals surface area (Å²) in [5.74, 6) is 0.743. The Kier molecular flexibility index (Phi) is 10.3. The lowest BCUT2D eigenvalue weighted by molar-refractivity contribution is 0.106. The molecule has 0 bridgehead atoms. The van der Waals surface area contributed by atoms with Crippen LogP contribution in [-0.2, 0) is 11.2 Å². The predicted molar refractivity (Wildman–Crippen MR) is 117 cm³/mol. The Bertz CT molecular complexity index is 680. The topological polar surface area (TPSA) is 58.5 Å². The SMILES string of the molecule is CN=C(NCCc1ncc(C)s1)NCC(OC)c1cccc(Cl)c1.I. The lowest BCUT2D eigenvalue weighted by Gasteiger charge is -2.19. The molecule has 0 aliphatic rings. The Morgan fingerprint density at radius 2 is 2.20 bits per heavy atom. The van der Waals surface area contributed by atoms with Crippen LogP contribution in [0, 0.1) is 6.92 Å². The highest BCUT2D eigenvalue weighted by atomic mass is 127. The minimum Gasteiger partial charge on any atom is -0.375 e. The molecule has 0 radical (unpaired) electrons. The molecule has 0 fully saturated rings. The molecule has 0 aliphatic carbocycles. The van der Waals surface area contributed by atoms with Crippen molar-refractivity contribution in [1.82, 2.24) is 15.6 Å². The maximum Gasteiger partial charge on any atom is 0.191 e. The summed E-state index contributed by atoms with van der Waals surface area (Å²) < 4.78 is 5.55. The van der Waals surface area contributed by atoms with Crippen molar-refractivity contribution in [3.05, 3.63) is 50.9 Å². The van der Waals surface area contributed by atoms with Crippen LogP contribution in [0.3, 0.4) is 0 Å². The first-order valence-corrected chi connectivity index (χ1v) is 8.96. The molecule has 0 amide bonds. The van der Waals surface area contributed by atoms with Gasteiger partial charge in [-0.15, -0.1) is 35.3 Å². The van der Waals surface area contributed by atoms with E-state index in [0.717, 1.165) is 29.5 Å². The molecule has 1 unspecified atom stereocenters. The van der Waals surface area contributed by atoms with E-state index < -0.39 is 0 Å². The van der Waals surface area contributed by atoms with Crippen molar-refractivity contribution in [3.63, 3.8) is 0 Å². The van der Waals surface area contributed by atoms with Gasteiger partial charge in [-0.1, -0.05) is 23.7 Å². The smallest absolute Gasteiger partial charge is 0.191 e. The zero-order valence-electron chi connectivity index (χ0n) is 14.6. The fourth-order valence-electron chi connectivity index (χ4n) is 2.26. The molecule has 1 atom stereocenters. The molecule has 5 nitrogen and oxygen atoms in total. The lowest BCUT2D eigenvalue weighted by atomic mass is 10.1. The number of halogens is 2. The highest BCUT2D eigenvalue weighted by Crippen LogP contribution is 2.19. The van der Waals surface area contributed by atoms with Crippen LogP contribution in [0.4, 0.5) is 0 Å². The van der Waals surface area contributed by atoms with Crippen molar-refractivity contribution in [3.8, 4) is 0 Å². The van der Waals surface area contributed by atoms with E-state index in [0.29, 0.717) is 11.6 Å². The van der Waals surface area contributed by atoms with Crippen LogP contribution in [0.5, 0.6) is 0 Å². The molecule has 0 aliphatic heterocycles. The predicted octanol–water partition coefficient (Wildman–Crippen LogP) is 3.82. The molecule has 25 heavy (non-hydrogen) atoms. The molecule has 1 heterocycles. The van der Waals surface area contributed by atoms with Crippen molar-refractivity contribution in [2.45, 2.75) is 19.4 Å². The summed E-state index contributed by atoms with van der Waals surface area (Å²) in [5.41, 5.74) is 1.03. The minimum atomic E-state index is -0.0936. The van der Waals surface area contributed by atoms with Gasteiger partial charge in [0, 0.05) is 49.8 Å². The van der Waals surface area contributed by atoms with Crippen molar-refractivity contribution in [1.29, 1.82) is 0 Å². The number of hydrogen-bond donors (Lipinski definition) is 2. The zero-order valence-corrected chi connectivity index (χ0v) is 18.5. The molecule has 1 aromatic carbocycles. The van der Waals surface area contributed by atoms with E-state index in [2.05, 4.69) is 27.5 Å². The molecule has 2 aromatic rings. The first kappa shape index (κ1) is 22.1. The number of thiazole rings is 1. The number of ether oxygens (including phenoxy) is 1. The number of rotatable bonds is 7. The van der Waals surface area contributed by atoms with Gasteiger partial charge < -0.3 is 15.4 Å². The van der Waals surface area contributed by atoms with E-state index in [1.54, 1.807) is 25.5 Å². The second kappa shape index (κ2) is 11.7. The molecule has 2 N–H and O–H groups in total. The van der Waals surface area contributed by atoms with Gasteiger partial charge in [-0.05, 0) is 24.6 Å². The van der Waals surface area contributed by atoms with Gasteiger partial charge in [0.15, 0.2) is 5.96 Å². The van der Waals surface area contributed by atoms with Crippen LogP contribution in [0.25, 0.3) is 0 Å². The third kappa shape index (κ3) is 7.47. The number of nitrogens with zero attached hydrogens (tertiary/aromatic N) is 2. The van der Waals surface area contributed by atoms with E-state index in [1.807, 2.05) is 30.5 Å². The number of guanidine groups is 1. The van der Waals surface area contributed by atoms with Crippen molar-refractivity contribution < 1.29 is 4.74 Å². The number of hydrogen-bond acceptors (Lipinski definition) is 4. The zero-order chi connectivity index (χ0) is 17.4. The number of aromatic nitrogens is 1. The van der Waals surface area contributed by atoms with Crippen molar-refractivity contribution >= 4 is 52.9 Å². The normalized spacial score (nSPS) is 12.4. The second-order valence-electron chi connectivity index (χ2n) is 5.27. The molecular formula is C17H24ClIN4OS. The summed E-state index contributed by atoms with van der Waals surface area (Å²) in [6.45, 7) is 3.45. The third-order valence-electron chi connectivity index (χ3n) is 3.48. The molecule has 0 saturated heterocycles. The van der Waals surface area contributed by atoms with E-state index in [-0.39, 0.29) is 30.1 Å². The highest BCUT2D eigenvalue weighted by molar-refractivity contribution is 14.0.